The standard InChI is InChI=1S/C15H20N2O/c16-10-15(7-8-15)17-14(18)13-6-5-11-3-1-2-4-12(11)9-13/h1-4,13H,5-10,16H2,(H,17,18). The summed E-state index contributed by atoms with van der Waals surface area (Å²) in [6, 6.07) is 8.45. The molecular formula is C15H20N2O. The van der Waals surface area contributed by atoms with E-state index in [1.165, 1.54) is 11.1 Å². The van der Waals surface area contributed by atoms with E-state index in [2.05, 4.69) is 29.6 Å². The number of benzene rings is 1. The molecule has 0 aliphatic heterocycles. The molecule has 96 valence electrons. The van der Waals surface area contributed by atoms with Gasteiger partial charge < -0.3 is 11.1 Å². The molecule has 0 radical (unpaired) electrons. The molecule has 0 heterocycles. The van der Waals surface area contributed by atoms with Crippen molar-refractivity contribution in [2.24, 2.45) is 11.7 Å². The highest BCUT2D eigenvalue weighted by molar-refractivity contribution is 5.80. The second-order valence-electron chi connectivity index (χ2n) is 5.68. The van der Waals surface area contributed by atoms with Crippen molar-refractivity contribution in [1.82, 2.24) is 5.32 Å². The summed E-state index contributed by atoms with van der Waals surface area (Å²) in [6.45, 7) is 0.571. The van der Waals surface area contributed by atoms with Gasteiger partial charge in [0.2, 0.25) is 5.91 Å². The average Bonchev–Trinajstić information content (AvgIpc) is 3.18. The summed E-state index contributed by atoms with van der Waals surface area (Å²) in [5, 5.41) is 3.15. The van der Waals surface area contributed by atoms with Crippen molar-refractivity contribution in [2.45, 2.75) is 37.6 Å². The molecule has 1 fully saturated rings. The van der Waals surface area contributed by atoms with Crippen molar-refractivity contribution < 1.29 is 4.79 Å². The minimum atomic E-state index is -0.0615. The van der Waals surface area contributed by atoms with Crippen LogP contribution in [0.3, 0.4) is 0 Å². The van der Waals surface area contributed by atoms with Crippen molar-refractivity contribution in [3.63, 3.8) is 0 Å². The monoisotopic (exact) mass is 244 g/mol. The lowest BCUT2D eigenvalue weighted by Crippen LogP contribution is -2.46. The van der Waals surface area contributed by atoms with Crippen LogP contribution >= 0.6 is 0 Å². The number of amides is 1. The number of nitrogens with one attached hydrogen (secondary N) is 1. The number of rotatable bonds is 3. The third-order valence-corrected chi connectivity index (χ3v) is 4.35. The first kappa shape index (κ1) is 11.7. The number of fused-ring (bicyclic) bond motifs is 1. The molecule has 1 atom stereocenters. The Morgan fingerprint density at radius 2 is 2.06 bits per heavy atom. The van der Waals surface area contributed by atoms with Gasteiger partial charge in [0, 0.05) is 12.5 Å². The van der Waals surface area contributed by atoms with Crippen LogP contribution in [0.2, 0.25) is 0 Å². The van der Waals surface area contributed by atoms with Gasteiger partial charge in [-0.15, -0.1) is 0 Å². The summed E-state index contributed by atoms with van der Waals surface area (Å²) < 4.78 is 0. The maximum absolute atomic E-state index is 12.3. The van der Waals surface area contributed by atoms with Crippen LogP contribution < -0.4 is 11.1 Å². The summed E-state index contributed by atoms with van der Waals surface area (Å²) in [4.78, 5) is 12.3. The minimum Gasteiger partial charge on any atom is -0.349 e. The van der Waals surface area contributed by atoms with E-state index in [1.54, 1.807) is 0 Å². The van der Waals surface area contributed by atoms with E-state index in [1.807, 2.05) is 0 Å². The topological polar surface area (TPSA) is 55.1 Å². The van der Waals surface area contributed by atoms with Crippen LogP contribution in [0.5, 0.6) is 0 Å². The molecule has 0 saturated heterocycles. The van der Waals surface area contributed by atoms with Crippen molar-refractivity contribution in [3.8, 4) is 0 Å². The third kappa shape index (κ3) is 2.15. The fourth-order valence-electron chi connectivity index (χ4n) is 2.82. The highest BCUT2D eigenvalue weighted by atomic mass is 16.2. The zero-order valence-electron chi connectivity index (χ0n) is 10.6. The zero-order chi connectivity index (χ0) is 12.6. The number of hydrogen-bond donors (Lipinski definition) is 2. The normalized spacial score (nSPS) is 24.2. The van der Waals surface area contributed by atoms with Gasteiger partial charge in [0.1, 0.15) is 0 Å². The van der Waals surface area contributed by atoms with Gasteiger partial charge in [-0.25, -0.2) is 0 Å². The Hall–Kier alpha value is -1.35. The van der Waals surface area contributed by atoms with Crippen molar-refractivity contribution in [2.75, 3.05) is 6.54 Å². The van der Waals surface area contributed by atoms with Crippen LogP contribution in [0.15, 0.2) is 24.3 Å². The lowest BCUT2D eigenvalue weighted by molar-refractivity contribution is -0.126. The van der Waals surface area contributed by atoms with Gasteiger partial charge >= 0.3 is 0 Å². The highest BCUT2D eigenvalue weighted by Crippen LogP contribution is 2.35. The Balaban J connectivity index is 1.67. The zero-order valence-corrected chi connectivity index (χ0v) is 10.6. The predicted molar refractivity (Wildman–Crippen MR) is 71.1 cm³/mol. The summed E-state index contributed by atoms with van der Waals surface area (Å²) >= 11 is 0. The van der Waals surface area contributed by atoms with E-state index < -0.39 is 0 Å². The van der Waals surface area contributed by atoms with Gasteiger partial charge in [0.05, 0.1) is 5.54 Å². The molecule has 1 aromatic carbocycles. The molecule has 0 bridgehead atoms. The SMILES string of the molecule is NCC1(NC(=O)C2CCc3ccccc3C2)CC1. The van der Waals surface area contributed by atoms with Crippen LogP contribution in [0.4, 0.5) is 0 Å². The second kappa shape index (κ2) is 4.39. The molecule has 3 nitrogen and oxygen atoms in total. The number of carbonyl (C=O) groups excluding carboxylic acids is 1. The maximum Gasteiger partial charge on any atom is 0.223 e. The molecule has 0 aromatic heterocycles. The van der Waals surface area contributed by atoms with E-state index in [-0.39, 0.29) is 17.4 Å². The molecule has 1 unspecified atom stereocenters. The second-order valence-corrected chi connectivity index (χ2v) is 5.68. The molecule has 18 heavy (non-hydrogen) atoms. The lowest BCUT2D eigenvalue weighted by atomic mass is 9.83. The molecule has 1 saturated carbocycles. The summed E-state index contributed by atoms with van der Waals surface area (Å²) in [5.41, 5.74) is 8.39. The molecule has 3 rings (SSSR count). The highest BCUT2D eigenvalue weighted by Gasteiger charge is 2.43. The quantitative estimate of drug-likeness (QED) is 0.844. The van der Waals surface area contributed by atoms with Gasteiger partial charge in [0.15, 0.2) is 0 Å². The van der Waals surface area contributed by atoms with Crippen LogP contribution in [-0.4, -0.2) is 18.0 Å². The molecule has 1 aromatic rings. The van der Waals surface area contributed by atoms with Crippen LogP contribution in [0, 0.1) is 5.92 Å². The van der Waals surface area contributed by atoms with Gasteiger partial charge in [-0.3, -0.25) is 4.79 Å². The first-order valence-electron chi connectivity index (χ1n) is 6.81. The molecule has 2 aliphatic rings. The number of nitrogens with two attached hydrogens (primary N) is 1. The van der Waals surface area contributed by atoms with E-state index in [0.29, 0.717) is 6.54 Å². The summed E-state index contributed by atoms with van der Waals surface area (Å²) in [5.74, 6) is 0.330. The molecule has 3 heteroatoms. The van der Waals surface area contributed by atoms with E-state index >= 15 is 0 Å². The summed E-state index contributed by atoms with van der Waals surface area (Å²) in [6.07, 6.45) is 4.94. The van der Waals surface area contributed by atoms with Crippen molar-refractivity contribution in [3.05, 3.63) is 35.4 Å². The molecule has 1 amide bonds. The van der Waals surface area contributed by atoms with Crippen LogP contribution in [-0.2, 0) is 17.6 Å². The number of aryl methyl sites for hydroxylation is 1. The predicted octanol–water partition coefficient (Wildman–Crippen LogP) is 1.40. The number of carbonyl (C=O) groups is 1. The molecule has 3 N–H and O–H groups in total. The van der Waals surface area contributed by atoms with E-state index in [4.69, 9.17) is 5.73 Å². The smallest absolute Gasteiger partial charge is 0.223 e. The Labute approximate surface area is 108 Å². The molecule has 2 aliphatic carbocycles. The van der Waals surface area contributed by atoms with E-state index in [0.717, 1.165) is 32.1 Å². The lowest BCUT2D eigenvalue weighted by Gasteiger charge is -2.26. The maximum atomic E-state index is 12.3. The van der Waals surface area contributed by atoms with Gasteiger partial charge in [-0.1, -0.05) is 24.3 Å². The van der Waals surface area contributed by atoms with Gasteiger partial charge in [-0.2, -0.15) is 0 Å². The van der Waals surface area contributed by atoms with E-state index in [9.17, 15) is 4.79 Å². The third-order valence-electron chi connectivity index (χ3n) is 4.35. The Bertz CT molecular complexity index is 465. The Morgan fingerprint density at radius 1 is 1.33 bits per heavy atom. The fourth-order valence-corrected chi connectivity index (χ4v) is 2.82. The fraction of sp³-hybridized carbons (Fsp3) is 0.533. The Kier molecular flexibility index (Phi) is 2.86. The van der Waals surface area contributed by atoms with Gasteiger partial charge in [0.25, 0.3) is 0 Å². The Morgan fingerprint density at radius 3 is 2.72 bits per heavy atom. The molecule has 0 spiro atoms. The van der Waals surface area contributed by atoms with Crippen molar-refractivity contribution >= 4 is 5.91 Å². The van der Waals surface area contributed by atoms with Crippen molar-refractivity contribution in [1.29, 1.82) is 0 Å². The first-order chi connectivity index (χ1) is 8.72. The molecular weight excluding hydrogens is 224 g/mol. The number of hydrogen-bond acceptors (Lipinski definition) is 2. The van der Waals surface area contributed by atoms with Crippen LogP contribution in [0.25, 0.3) is 0 Å². The summed E-state index contributed by atoms with van der Waals surface area (Å²) in [7, 11) is 0. The van der Waals surface area contributed by atoms with Gasteiger partial charge in [-0.05, 0) is 43.2 Å². The largest absolute Gasteiger partial charge is 0.349 e. The first-order valence-corrected chi connectivity index (χ1v) is 6.81. The van der Waals surface area contributed by atoms with Crippen LogP contribution in [0.1, 0.15) is 30.4 Å². The minimum absolute atomic E-state index is 0.0615. The average molecular weight is 244 g/mol.